The van der Waals surface area contributed by atoms with Crippen LogP contribution in [0.25, 0.3) is 6.08 Å². The molecule has 0 aliphatic heterocycles. The molecule has 3 aromatic rings. The van der Waals surface area contributed by atoms with Crippen molar-refractivity contribution >= 4 is 45.3 Å². The maximum atomic E-state index is 12.1. The second-order valence-corrected chi connectivity index (χ2v) is 6.65. The highest BCUT2D eigenvalue weighted by Gasteiger charge is 2.10. The van der Waals surface area contributed by atoms with E-state index < -0.39 is 0 Å². The fourth-order valence-corrected chi connectivity index (χ4v) is 2.83. The molecule has 0 bridgehead atoms. The molecule has 0 aliphatic carbocycles. The van der Waals surface area contributed by atoms with Gasteiger partial charge in [-0.25, -0.2) is 0 Å². The van der Waals surface area contributed by atoms with Crippen molar-refractivity contribution in [2.45, 2.75) is 6.54 Å². The highest BCUT2D eigenvalue weighted by Crippen LogP contribution is 2.22. The van der Waals surface area contributed by atoms with Crippen molar-refractivity contribution in [3.8, 4) is 0 Å². The highest BCUT2D eigenvalue weighted by atomic mass is 79.9. The lowest BCUT2D eigenvalue weighted by atomic mass is 10.2. The van der Waals surface area contributed by atoms with Gasteiger partial charge in [0.15, 0.2) is 5.82 Å². The van der Waals surface area contributed by atoms with Crippen LogP contribution in [0, 0.1) is 0 Å². The molecule has 0 unspecified atom stereocenters. The van der Waals surface area contributed by atoms with Crippen LogP contribution in [-0.2, 0) is 18.4 Å². The lowest BCUT2D eigenvalue weighted by Crippen LogP contribution is -2.09. The quantitative estimate of drug-likeness (QED) is 0.640. The minimum absolute atomic E-state index is 0.271. The number of benzene rings is 1. The van der Waals surface area contributed by atoms with E-state index in [9.17, 15) is 4.79 Å². The topological polar surface area (TPSA) is 64.7 Å². The van der Waals surface area contributed by atoms with Crippen molar-refractivity contribution < 1.29 is 4.79 Å². The van der Waals surface area contributed by atoms with Crippen LogP contribution in [0.5, 0.6) is 0 Å². The fraction of sp³-hybridized carbons (Fsp3) is 0.118. The zero-order chi connectivity index (χ0) is 17.8. The third-order valence-corrected chi connectivity index (χ3v) is 4.35. The Morgan fingerprint density at radius 3 is 2.88 bits per heavy atom. The van der Waals surface area contributed by atoms with Crippen molar-refractivity contribution in [3.05, 3.63) is 69.6 Å². The van der Waals surface area contributed by atoms with Gasteiger partial charge in [0.1, 0.15) is 0 Å². The molecule has 0 saturated heterocycles. The number of amides is 1. The number of halogens is 2. The predicted octanol–water partition coefficient (Wildman–Crippen LogP) is 3.73. The molecular weight excluding hydrogens is 406 g/mol. The maximum absolute atomic E-state index is 12.1. The number of carbonyl (C=O) groups excluding carboxylic acids is 1. The summed E-state index contributed by atoms with van der Waals surface area (Å²) in [7, 11) is 1.82. The number of aromatic nitrogens is 4. The number of nitrogens with zero attached hydrogens (tertiary/aromatic N) is 4. The van der Waals surface area contributed by atoms with E-state index in [0.29, 0.717) is 21.9 Å². The summed E-state index contributed by atoms with van der Waals surface area (Å²) >= 11 is 9.58. The van der Waals surface area contributed by atoms with Crippen LogP contribution in [0.2, 0.25) is 5.02 Å². The summed E-state index contributed by atoms with van der Waals surface area (Å²) in [6.45, 7) is 0.514. The van der Waals surface area contributed by atoms with E-state index in [1.807, 2.05) is 37.5 Å². The van der Waals surface area contributed by atoms with Gasteiger partial charge in [0.05, 0.1) is 17.2 Å². The SMILES string of the molecule is Cn1cc(/C=C/C(=O)Nc2nn(Cc3ccccc3Cl)cc2Br)cn1. The van der Waals surface area contributed by atoms with Gasteiger partial charge in [0.2, 0.25) is 5.91 Å². The highest BCUT2D eigenvalue weighted by molar-refractivity contribution is 9.10. The summed E-state index contributed by atoms with van der Waals surface area (Å²) in [4.78, 5) is 12.1. The number of carbonyl (C=O) groups is 1. The summed E-state index contributed by atoms with van der Waals surface area (Å²) in [5, 5.41) is 11.8. The Kier molecular flexibility index (Phi) is 5.35. The van der Waals surface area contributed by atoms with Gasteiger partial charge >= 0.3 is 0 Å². The van der Waals surface area contributed by atoms with Gasteiger partial charge in [-0.2, -0.15) is 10.2 Å². The molecule has 2 heterocycles. The average Bonchev–Trinajstić information content (AvgIpc) is 3.14. The van der Waals surface area contributed by atoms with Crippen LogP contribution < -0.4 is 5.32 Å². The summed E-state index contributed by atoms with van der Waals surface area (Å²) in [5.74, 6) is 0.181. The van der Waals surface area contributed by atoms with E-state index in [-0.39, 0.29) is 5.91 Å². The molecule has 0 saturated carbocycles. The number of rotatable bonds is 5. The van der Waals surface area contributed by atoms with Crippen molar-refractivity contribution in [1.82, 2.24) is 19.6 Å². The molecule has 1 N–H and O–H groups in total. The Morgan fingerprint density at radius 1 is 1.36 bits per heavy atom. The van der Waals surface area contributed by atoms with Crippen molar-refractivity contribution in [2.24, 2.45) is 7.05 Å². The Balaban J connectivity index is 1.67. The van der Waals surface area contributed by atoms with E-state index >= 15 is 0 Å². The number of anilines is 1. The van der Waals surface area contributed by atoms with Crippen LogP contribution >= 0.6 is 27.5 Å². The Labute approximate surface area is 158 Å². The van der Waals surface area contributed by atoms with Crippen LogP contribution in [-0.4, -0.2) is 25.5 Å². The first-order valence-corrected chi connectivity index (χ1v) is 8.62. The molecule has 3 rings (SSSR count). The van der Waals surface area contributed by atoms with Crippen molar-refractivity contribution in [2.75, 3.05) is 5.32 Å². The number of aryl methyl sites for hydroxylation is 1. The van der Waals surface area contributed by atoms with Crippen LogP contribution in [0.15, 0.2) is 53.4 Å². The van der Waals surface area contributed by atoms with E-state index in [1.165, 1.54) is 6.08 Å². The molecule has 0 radical (unpaired) electrons. The molecular formula is C17H15BrClN5O. The lowest BCUT2D eigenvalue weighted by Gasteiger charge is -2.04. The molecule has 0 aliphatic rings. The zero-order valence-corrected chi connectivity index (χ0v) is 15.7. The zero-order valence-electron chi connectivity index (χ0n) is 13.4. The molecule has 0 fully saturated rings. The molecule has 25 heavy (non-hydrogen) atoms. The smallest absolute Gasteiger partial charge is 0.249 e. The van der Waals surface area contributed by atoms with Crippen LogP contribution in [0.3, 0.4) is 0 Å². The monoisotopic (exact) mass is 419 g/mol. The molecule has 2 aromatic heterocycles. The number of hydrogen-bond donors (Lipinski definition) is 1. The van der Waals surface area contributed by atoms with E-state index in [0.717, 1.165) is 11.1 Å². The van der Waals surface area contributed by atoms with Gasteiger partial charge in [-0.05, 0) is 33.6 Å². The first-order valence-electron chi connectivity index (χ1n) is 7.45. The molecule has 6 nitrogen and oxygen atoms in total. The molecule has 128 valence electrons. The van der Waals surface area contributed by atoms with Crippen LogP contribution in [0.1, 0.15) is 11.1 Å². The standard InChI is InChI=1S/C17H15BrClN5O/c1-23-9-12(8-20-23)6-7-16(25)21-17-14(18)11-24(22-17)10-13-4-2-3-5-15(13)19/h2-9,11H,10H2,1H3,(H,21,22,25)/b7-6+. The summed E-state index contributed by atoms with van der Waals surface area (Å²) < 4.78 is 4.08. The van der Waals surface area contributed by atoms with Crippen molar-refractivity contribution in [1.29, 1.82) is 0 Å². The van der Waals surface area contributed by atoms with Gasteiger partial charge in [-0.1, -0.05) is 29.8 Å². The van der Waals surface area contributed by atoms with Gasteiger partial charge in [-0.15, -0.1) is 0 Å². The molecule has 1 amide bonds. The van der Waals surface area contributed by atoms with E-state index in [2.05, 4.69) is 31.4 Å². The molecule has 1 aromatic carbocycles. The average molecular weight is 421 g/mol. The summed E-state index contributed by atoms with van der Waals surface area (Å²) in [5.41, 5.74) is 1.80. The number of nitrogens with one attached hydrogen (secondary N) is 1. The van der Waals surface area contributed by atoms with Gasteiger partial charge < -0.3 is 5.32 Å². The first-order chi connectivity index (χ1) is 12.0. The molecule has 0 spiro atoms. The Bertz CT molecular complexity index is 931. The summed E-state index contributed by atoms with van der Waals surface area (Å²) in [6.07, 6.45) is 8.42. The Hall–Kier alpha value is -2.38. The third kappa shape index (κ3) is 4.58. The fourth-order valence-electron chi connectivity index (χ4n) is 2.22. The van der Waals surface area contributed by atoms with E-state index in [1.54, 1.807) is 27.8 Å². The predicted molar refractivity (Wildman–Crippen MR) is 101 cm³/mol. The minimum atomic E-state index is -0.271. The summed E-state index contributed by atoms with van der Waals surface area (Å²) in [6, 6.07) is 7.57. The van der Waals surface area contributed by atoms with E-state index in [4.69, 9.17) is 11.6 Å². The van der Waals surface area contributed by atoms with Crippen molar-refractivity contribution in [3.63, 3.8) is 0 Å². The second kappa shape index (κ2) is 7.67. The first kappa shape index (κ1) is 17.4. The maximum Gasteiger partial charge on any atom is 0.249 e. The Morgan fingerprint density at radius 2 is 2.16 bits per heavy atom. The second-order valence-electron chi connectivity index (χ2n) is 5.38. The third-order valence-electron chi connectivity index (χ3n) is 3.40. The minimum Gasteiger partial charge on any atom is -0.305 e. The largest absolute Gasteiger partial charge is 0.305 e. The van der Waals surface area contributed by atoms with Gasteiger partial charge in [-0.3, -0.25) is 14.2 Å². The lowest BCUT2D eigenvalue weighted by molar-refractivity contribution is -0.111. The normalized spacial score (nSPS) is 11.2. The van der Waals surface area contributed by atoms with Crippen LogP contribution in [0.4, 0.5) is 5.82 Å². The molecule has 0 atom stereocenters. The van der Waals surface area contributed by atoms with Gasteiger partial charge in [0.25, 0.3) is 0 Å². The van der Waals surface area contributed by atoms with Gasteiger partial charge in [0, 0.05) is 36.1 Å². The molecule has 8 heteroatoms. The number of hydrogen-bond acceptors (Lipinski definition) is 3.